The molecule has 3 heteroatoms. The lowest BCUT2D eigenvalue weighted by Gasteiger charge is -2.41. The summed E-state index contributed by atoms with van der Waals surface area (Å²) in [5, 5.41) is 1.18. The predicted molar refractivity (Wildman–Crippen MR) is 97.2 cm³/mol. The van der Waals surface area contributed by atoms with Crippen LogP contribution in [0.2, 0.25) is 0 Å². The zero-order chi connectivity index (χ0) is 16.8. The van der Waals surface area contributed by atoms with Crippen molar-refractivity contribution in [3.05, 3.63) is 45.7 Å². The Morgan fingerprint density at radius 2 is 1.74 bits per heavy atom. The maximum absolute atomic E-state index is 11.9. The number of likely N-dealkylation sites (tertiary alicyclic amines) is 1. The fourth-order valence-corrected chi connectivity index (χ4v) is 3.81. The Morgan fingerprint density at radius 3 is 2.35 bits per heavy atom. The van der Waals surface area contributed by atoms with Crippen molar-refractivity contribution >= 4 is 10.9 Å². The first-order valence-corrected chi connectivity index (χ1v) is 8.63. The van der Waals surface area contributed by atoms with E-state index in [1.165, 1.54) is 29.4 Å². The minimum atomic E-state index is 0.0663. The molecule has 1 aliphatic heterocycles. The molecule has 0 atom stereocenters. The average molecular weight is 312 g/mol. The molecule has 2 aromatic rings. The first kappa shape index (κ1) is 16.3. The summed E-state index contributed by atoms with van der Waals surface area (Å²) in [7, 11) is 1.87. The molecule has 23 heavy (non-hydrogen) atoms. The first-order valence-electron chi connectivity index (χ1n) is 8.63. The fraction of sp³-hybridized carbons (Fsp3) is 0.550. The van der Waals surface area contributed by atoms with Gasteiger partial charge in [0.1, 0.15) is 0 Å². The van der Waals surface area contributed by atoms with Crippen molar-refractivity contribution in [2.24, 2.45) is 7.05 Å². The molecule has 3 rings (SSSR count). The van der Waals surface area contributed by atoms with Crippen LogP contribution in [0.15, 0.2) is 29.1 Å². The van der Waals surface area contributed by atoms with Gasteiger partial charge in [-0.05, 0) is 82.8 Å². The van der Waals surface area contributed by atoms with E-state index in [-0.39, 0.29) is 11.1 Å². The number of hydrogen-bond donors (Lipinski definition) is 0. The molecule has 0 radical (unpaired) electrons. The fourth-order valence-electron chi connectivity index (χ4n) is 3.81. The number of aryl methyl sites for hydroxylation is 2. The molecule has 1 aromatic heterocycles. The predicted octanol–water partition coefficient (Wildman–Crippen LogP) is 3.82. The zero-order valence-electron chi connectivity index (χ0n) is 15.0. The van der Waals surface area contributed by atoms with Gasteiger partial charge in [0.05, 0.1) is 5.52 Å². The second kappa shape index (κ2) is 5.79. The number of aromatic nitrogens is 1. The molecule has 0 saturated carbocycles. The topological polar surface area (TPSA) is 25.2 Å². The third-order valence-electron chi connectivity index (χ3n) is 5.39. The zero-order valence-corrected chi connectivity index (χ0v) is 15.0. The van der Waals surface area contributed by atoms with E-state index in [9.17, 15) is 4.79 Å². The highest BCUT2D eigenvalue weighted by atomic mass is 16.1. The number of pyridine rings is 1. The number of benzene rings is 1. The second-order valence-electron chi connectivity index (χ2n) is 7.93. The van der Waals surface area contributed by atoms with Crippen LogP contribution in [0.4, 0.5) is 0 Å². The van der Waals surface area contributed by atoms with Crippen molar-refractivity contribution < 1.29 is 0 Å². The van der Waals surface area contributed by atoms with Crippen LogP contribution in [0.3, 0.4) is 0 Å². The van der Waals surface area contributed by atoms with Gasteiger partial charge in [0.2, 0.25) is 0 Å². The van der Waals surface area contributed by atoms with Crippen LogP contribution >= 0.6 is 0 Å². The van der Waals surface area contributed by atoms with Crippen molar-refractivity contribution in [1.29, 1.82) is 0 Å². The quantitative estimate of drug-likeness (QED) is 0.800. The molecule has 3 nitrogen and oxygen atoms in total. The van der Waals surface area contributed by atoms with Crippen LogP contribution < -0.4 is 5.56 Å². The van der Waals surface area contributed by atoms with E-state index in [0.29, 0.717) is 5.92 Å². The number of hydrogen-bond acceptors (Lipinski definition) is 2. The molecule has 0 aliphatic carbocycles. The van der Waals surface area contributed by atoms with Gasteiger partial charge in [0, 0.05) is 24.0 Å². The second-order valence-corrected chi connectivity index (χ2v) is 7.93. The largest absolute Gasteiger partial charge is 0.311 e. The number of nitrogens with zero attached hydrogens (tertiary/aromatic N) is 2. The summed E-state index contributed by atoms with van der Waals surface area (Å²) >= 11 is 0. The molecule has 1 saturated heterocycles. The van der Waals surface area contributed by atoms with Crippen molar-refractivity contribution in [3.8, 4) is 0 Å². The molecule has 124 valence electrons. The van der Waals surface area contributed by atoms with E-state index >= 15 is 0 Å². The smallest absolute Gasteiger partial charge is 0.250 e. The minimum absolute atomic E-state index is 0.0663. The van der Waals surface area contributed by atoms with Gasteiger partial charge in [0.25, 0.3) is 5.56 Å². The molecular weight excluding hydrogens is 284 g/mol. The highest BCUT2D eigenvalue weighted by Crippen LogP contribution is 2.33. The Labute approximate surface area is 138 Å². The summed E-state index contributed by atoms with van der Waals surface area (Å²) in [6.45, 7) is 11.3. The summed E-state index contributed by atoms with van der Waals surface area (Å²) in [4.78, 5) is 14.5. The van der Waals surface area contributed by atoms with Gasteiger partial charge >= 0.3 is 0 Å². The highest BCUT2D eigenvalue weighted by molar-refractivity contribution is 5.83. The standard InChI is InChI=1S/C20H28N2O/c1-14-12-16(13-18-17(14)6-7-19(23)21(18)5)15-8-10-22(11-9-15)20(2,3)4/h6-7,12-13,15H,8-11H2,1-5H3. The Morgan fingerprint density at radius 1 is 1.09 bits per heavy atom. The van der Waals surface area contributed by atoms with E-state index in [2.05, 4.69) is 44.7 Å². The van der Waals surface area contributed by atoms with E-state index in [4.69, 9.17) is 0 Å². The van der Waals surface area contributed by atoms with Gasteiger partial charge in [-0.15, -0.1) is 0 Å². The molecule has 1 aromatic carbocycles. The average Bonchev–Trinajstić information content (AvgIpc) is 2.50. The molecular formula is C20H28N2O. The molecule has 1 fully saturated rings. The SMILES string of the molecule is Cc1cc(C2CCN(C(C)(C)C)CC2)cc2c1ccc(=O)n2C. The molecule has 1 aliphatic rings. The van der Waals surface area contributed by atoms with Crippen LogP contribution in [0.1, 0.15) is 50.7 Å². The van der Waals surface area contributed by atoms with Gasteiger partial charge < -0.3 is 4.57 Å². The Bertz CT molecular complexity index is 775. The van der Waals surface area contributed by atoms with Gasteiger partial charge in [-0.1, -0.05) is 6.07 Å². The summed E-state index contributed by atoms with van der Waals surface area (Å²) < 4.78 is 1.77. The Balaban J connectivity index is 1.93. The number of fused-ring (bicyclic) bond motifs is 1. The maximum Gasteiger partial charge on any atom is 0.250 e. The molecule has 0 spiro atoms. The highest BCUT2D eigenvalue weighted by Gasteiger charge is 2.27. The lowest BCUT2D eigenvalue weighted by atomic mass is 9.86. The van der Waals surface area contributed by atoms with Gasteiger partial charge in [0.15, 0.2) is 0 Å². The van der Waals surface area contributed by atoms with Crippen LogP contribution in [-0.2, 0) is 7.05 Å². The van der Waals surface area contributed by atoms with Crippen LogP contribution in [0.25, 0.3) is 10.9 Å². The van der Waals surface area contributed by atoms with Gasteiger partial charge in [-0.2, -0.15) is 0 Å². The monoisotopic (exact) mass is 312 g/mol. The summed E-state index contributed by atoms with van der Waals surface area (Å²) in [6, 6.07) is 8.18. The van der Waals surface area contributed by atoms with Gasteiger partial charge in [-0.3, -0.25) is 9.69 Å². The Hall–Kier alpha value is -1.61. The molecule has 2 heterocycles. The lowest BCUT2D eigenvalue weighted by Crippen LogP contribution is -2.45. The van der Waals surface area contributed by atoms with Gasteiger partial charge in [-0.25, -0.2) is 0 Å². The molecule has 0 unspecified atom stereocenters. The van der Waals surface area contributed by atoms with Crippen LogP contribution in [-0.4, -0.2) is 28.1 Å². The maximum atomic E-state index is 11.9. The van der Waals surface area contributed by atoms with Crippen molar-refractivity contribution in [2.75, 3.05) is 13.1 Å². The van der Waals surface area contributed by atoms with E-state index < -0.39 is 0 Å². The molecule has 0 N–H and O–H groups in total. The van der Waals surface area contributed by atoms with E-state index in [0.717, 1.165) is 18.6 Å². The number of rotatable bonds is 1. The van der Waals surface area contributed by atoms with E-state index in [1.807, 2.05) is 13.1 Å². The molecule has 0 amide bonds. The van der Waals surface area contributed by atoms with Crippen LogP contribution in [0.5, 0.6) is 0 Å². The summed E-state index contributed by atoms with van der Waals surface area (Å²) in [5.41, 5.74) is 4.05. The normalized spacial score (nSPS) is 17.8. The molecule has 0 bridgehead atoms. The van der Waals surface area contributed by atoms with Crippen molar-refractivity contribution in [3.63, 3.8) is 0 Å². The first-order chi connectivity index (χ1) is 10.8. The third kappa shape index (κ3) is 3.07. The third-order valence-corrected chi connectivity index (χ3v) is 5.39. The minimum Gasteiger partial charge on any atom is -0.311 e. The number of piperidine rings is 1. The summed E-state index contributed by atoms with van der Waals surface area (Å²) in [6.07, 6.45) is 2.39. The van der Waals surface area contributed by atoms with Crippen LogP contribution in [0, 0.1) is 6.92 Å². The van der Waals surface area contributed by atoms with Crippen molar-refractivity contribution in [2.45, 2.75) is 52.0 Å². The lowest BCUT2D eigenvalue weighted by molar-refractivity contribution is 0.102. The van der Waals surface area contributed by atoms with Crippen molar-refractivity contribution in [1.82, 2.24) is 9.47 Å². The Kier molecular flexibility index (Phi) is 4.09. The summed E-state index contributed by atoms with van der Waals surface area (Å²) in [5.74, 6) is 0.604. The van der Waals surface area contributed by atoms with E-state index in [1.54, 1.807) is 10.6 Å².